The number of amidine groups is 1. The molecular formula is C44H68N2. The fraction of sp³-hybridized carbons (Fsp3) is 0.477. The van der Waals surface area contributed by atoms with Gasteiger partial charge in [0.25, 0.3) is 0 Å². The highest BCUT2D eigenvalue weighted by Gasteiger charge is 2.04. The Morgan fingerprint density at radius 2 is 1.43 bits per heavy atom. The lowest BCUT2D eigenvalue weighted by atomic mass is 9.95. The topological polar surface area (TPSA) is 24.4 Å². The van der Waals surface area contributed by atoms with Crippen LogP contribution in [0.1, 0.15) is 145 Å². The third-order valence-electron chi connectivity index (χ3n) is 7.19. The van der Waals surface area contributed by atoms with Gasteiger partial charge in [-0.15, -0.1) is 0 Å². The van der Waals surface area contributed by atoms with Gasteiger partial charge in [-0.25, -0.2) is 0 Å². The molecule has 0 radical (unpaired) electrons. The van der Waals surface area contributed by atoms with Gasteiger partial charge < -0.3 is 5.32 Å². The number of anilines is 1. The van der Waals surface area contributed by atoms with Crippen LogP contribution < -0.4 is 5.32 Å². The molecule has 0 bridgehead atoms. The van der Waals surface area contributed by atoms with Crippen molar-refractivity contribution in [1.29, 1.82) is 0 Å². The quantitative estimate of drug-likeness (QED) is 0.114. The second-order valence-electron chi connectivity index (χ2n) is 11.3. The Balaban J connectivity index is 0. The van der Waals surface area contributed by atoms with Crippen molar-refractivity contribution in [3.05, 3.63) is 113 Å². The average Bonchev–Trinajstić information content (AvgIpc) is 3.08. The van der Waals surface area contributed by atoms with E-state index in [4.69, 9.17) is 0 Å². The molecule has 0 aliphatic heterocycles. The molecule has 2 rings (SSSR count). The van der Waals surface area contributed by atoms with Crippen LogP contribution >= 0.6 is 0 Å². The Morgan fingerprint density at radius 1 is 0.826 bits per heavy atom. The summed E-state index contributed by atoms with van der Waals surface area (Å²) in [6, 6.07) is 21.6. The summed E-state index contributed by atoms with van der Waals surface area (Å²) in [4.78, 5) is 4.14. The molecule has 0 aromatic heterocycles. The van der Waals surface area contributed by atoms with Crippen LogP contribution in [0.25, 0.3) is 0 Å². The molecule has 0 amide bonds. The van der Waals surface area contributed by atoms with Crippen molar-refractivity contribution in [3.8, 4) is 12.0 Å². The fourth-order valence-electron chi connectivity index (χ4n) is 4.05. The third-order valence-corrected chi connectivity index (χ3v) is 7.19. The van der Waals surface area contributed by atoms with E-state index in [-0.39, 0.29) is 0 Å². The lowest BCUT2D eigenvalue weighted by Crippen LogP contribution is -2.07. The number of nitrogens with zero attached hydrogens (tertiary/aromatic N) is 1. The van der Waals surface area contributed by atoms with Crippen LogP contribution in [0, 0.1) is 18.9 Å². The maximum absolute atomic E-state index is 4.14. The number of hydrogen-bond acceptors (Lipinski definition) is 1. The number of aliphatic imine (C=N–C) groups is 1. The van der Waals surface area contributed by atoms with Crippen molar-refractivity contribution in [2.45, 2.75) is 140 Å². The number of aryl methyl sites for hydroxylation is 1. The predicted molar refractivity (Wildman–Crippen MR) is 212 cm³/mol. The van der Waals surface area contributed by atoms with E-state index in [0.717, 1.165) is 43.6 Å². The second kappa shape index (κ2) is 31.4. The Labute approximate surface area is 286 Å². The van der Waals surface area contributed by atoms with Gasteiger partial charge in [0.2, 0.25) is 0 Å². The molecular weight excluding hydrogens is 556 g/mol. The van der Waals surface area contributed by atoms with Crippen LogP contribution in [-0.2, 0) is 0 Å². The monoisotopic (exact) mass is 625 g/mol. The summed E-state index contributed by atoms with van der Waals surface area (Å²) in [5.41, 5.74) is 7.99. The van der Waals surface area contributed by atoms with Gasteiger partial charge >= 0.3 is 0 Å². The zero-order valence-electron chi connectivity index (χ0n) is 31.8. The normalized spacial score (nSPS) is 12.3. The largest absolute Gasteiger partial charge is 0.343 e. The van der Waals surface area contributed by atoms with Crippen molar-refractivity contribution in [1.82, 2.24) is 0 Å². The molecule has 0 heterocycles. The predicted octanol–water partition coefficient (Wildman–Crippen LogP) is 14.2. The molecule has 1 atom stereocenters. The van der Waals surface area contributed by atoms with Crippen molar-refractivity contribution < 1.29 is 0 Å². The van der Waals surface area contributed by atoms with E-state index in [1.807, 2.05) is 25.1 Å². The summed E-state index contributed by atoms with van der Waals surface area (Å²) in [6.07, 6.45) is 20.2. The van der Waals surface area contributed by atoms with Gasteiger partial charge in [0, 0.05) is 18.2 Å². The molecule has 2 nitrogen and oxygen atoms in total. The zero-order valence-corrected chi connectivity index (χ0v) is 31.8. The van der Waals surface area contributed by atoms with Crippen LogP contribution in [0.15, 0.2) is 107 Å². The van der Waals surface area contributed by atoms with Gasteiger partial charge in [-0.2, -0.15) is 4.99 Å². The summed E-state index contributed by atoms with van der Waals surface area (Å²) in [5.74, 6) is 4.53. The SMILES string of the molecule is CCC(C)c1ccccc1.CCCC.CCCC#CN=C(C)Nc1ccccc1C.C\C=C/C=C(C(C)=CCC)\C(=C\CC)CC. The van der Waals surface area contributed by atoms with Gasteiger partial charge in [0.1, 0.15) is 5.84 Å². The van der Waals surface area contributed by atoms with Crippen LogP contribution in [-0.4, -0.2) is 5.84 Å². The summed E-state index contributed by atoms with van der Waals surface area (Å²) >= 11 is 0. The van der Waals surface area contributed by atoms with E-state index < -0.39 is 0 Å². The number of unbranched alkanes of at least 4 members (excludes halogenated alkanes) is 2. The highest BCUT2D eigenvalue weighted by Crippen LogP contribution is 2.23. The molecule has 2 heteroatoms. The van der Waals surface area contributed by atoms with Crippen LogP contribution in [0.2, 0.25) is 0 Å². The molecule has 0 aliphatic carbocycles. The second-order valence-corrected chi connectivity index (χ2v) is 11.3. The molecule has 0 saturated heterocycles. The number of para-hydroxylation sites is 1. The number of allylic oxidation sites excluding steroid dienone is 8. The van der Waals surface area contributed by atoms with E-state index in [2.05, 4.69) is 165 Å². The number of rotatable bonds is 11. The highest BCUT2D eigenvalue weighted by atomic mass is 15.0. The van der Waals surface area contributed by atoms with Crippen molar-refractivity contribution in [2.75, 3.05) is 5.32 Å². The summed E-state index contributed by atoms with van der Waals surface area (Å²) in [7, 11) is 0. The molecule has 0 fully saturated rings. The molecule has 254 valence electrons. The molecule has 1 N–H and O–H groups in total. The smallest absolute Gasteiger partial charge is 0.114 e. The Kier molecular flexibility index (Phi) is 30.4. The van der Waals surface area contributed by atoms with Crippen molar-refractivity contribution in [3.63, 3.8) is 0 Å². The van der Waals surface area contributed by atoms with E-state index in [0.29, 0.717) is 5.92 Å². The van der Waals surface area contributed by atoms with E-state index in [1.54, 1.807) is 0 Å². The molecule has 0 saturated carbocycles. The number of benzene rings is 2. The molecule has 2 aromatic rings. The summed E-state index contributed by atoms with van der Waals surface area (Å²) < 4.78 is 0. The standard InChI is InChI=1S/C16H26.C14H18N2.C10H14.C4H10/c1-6-10-13-16(14(5)11-7-2)15(9-4)12-8-3;1-4-5-8-11-15-13(3)16-14-10-7-6-9-12(14)2;1-3-9(2)10-7-5-4-6-8-10;1-3-4-2/h6,10-13H,7-9H2,1-5H3;6-7,9-10H,4-5H2,1-3H3,(H,15,16);4-9H,3H2,1-2H3;3-4H2,1-2H3/b10-6-,14-11?,15-12+,16-13-;;;. The van der Waals surface area contributed by atoms with Gasteiger partial charge in [0.15, 0.2) is 0 Å². The number of nitrogens with one attached hydrogen (secondary N) is 1. The van der Waals surface area contributed by atoms with Crippen molar-refractivity contribution in [2.24, 2.45) is 4.99 Å². The number of hydrogen-bond donors (Lipinski definition) is 1. The first-order valence-electron chi connectivity index (χ1n) is 17.8. The fourth-order valence-corrected chi connectivity index (χ4v) is 4.05. The zero-order chi connectivity index (χ0) is 35.0. The minimum absolute atomic E-state index is 0.709. The third kappa shape index (κ3) is 22.9. The Hall–Kier alpha value is -3.57. The van der Waals surface area contributed by atoms with Crippen LogP contribution in [0.3, 0.4) is 0 Å². The highest BCUT2D eigenvalue weighted by molar-refractivity contribution is 5.94. The van der Waals surface area contributed by atoms with Crippen LogP contribution in [0.5, 0.6) is 0 Å². The molecule has 0 aliphatic rings. The lowest BCUT2D eigenvalue weighted by Gasteiger charge is -2.11. The molecule has 0 spiro atoms. The first-order chi connectivity index (χ1) is 22.2. The van der Waals surface area contributed by atoms with E-state index in [1.165, 1.54) is 47.1 Å². The van der Waals surface area contributed by atoms with Crippen LogP contribution in [0.4, 0.5) is 5.69 Å². The van der Waals surface area contributed by atoms with Gasteiger partial charge in [-0.3, -0.25) is 0 Å². The maximum atomic E-state index is 4.14. The first-order valence-corrected chi connectivity index (χ1v) is 17.8. The van der Waals surface area contributed by atoms with Crippen molar-refractivity contribution >= 4 is 11.5 Å². The summed E-state index contributed by atoms with van der Waals surface area (Å²) in [6.45, 7) is 25.8. The minimum Gasteiger partial charge on any atom is -0.343 e. The molecule has 2 aromatic carbocycles. The first kappa shape index (κ1) is 44.6. The van der Waals surface area contributed by atoms with Gasteiger partial charge in [-0.05, 0) is 99.6 Å². The lowest BCUT2D eigenvalue weighted by molar-refractivity contribution is 0.733. The molecule has 1 unspecified atom stereocenters. The van der Waals surface area contributed by atoms with Gasteiger partial charge in [-0.1, -0.05) is 153 Å². The maximum Gasteiger partial charge on any atom is 0.114 e. The summed E-state index contributed by atoms with van der Waals surface area (Å²) in [5, 5.41) is 3.23. The van der Waals surface area contributed by atoms with E-state index in [9.17, 15) is 0 Å². The Bertz CT molecular complexity index is 1230. The van der Waals surface area contributed by atoms with Gasteiger partial charge in [0.05, 0.1) is 0 Å². The Morgan fingerprint density at radius 3 is 1.93 bits per heavy atom. The molecule has 46 heavy (non-hydrogen) atoms. The average molecular weight is 625 g/mol. The van der Waals surface area contributed by atoms with E-state index >= 15 is 0 Å². The minimum atomic E-state index is 0.709.